The summed E-state index contributed by atoms with van der Waals surface area (Å²) >= 11 is 0. The fourth-order valence-corrected chi connectivity index (χ4v) is 1.50. The number of rotatable bonds is 0. The number of hydrogen-bond acceptors (Lipinski definition) is 3. The van der Waals surface area contributed by atoms with E-state index in [1.807, 2.05) is 0 Å². The predicted molar refractivity (Wildman–Crippen MR) is 48.3 cm³/mol. The molecule has 1 atom stereocenters. The van der Waals surface area contributed by atoms with Gasteiger partial charge in [0, 0.05) is 10.7 Å². The molecule has 0 aliphatic heterocycles. The molecule has 0 spiro atoms. The summed E-state index contributed by atoms with van der Waals surface area (Å²) < 4.78 is 29.6. The second-order valence-corrected chi connectivity index (χ2v) is 4.86. The van der Waals surface area contributed by atoms with Crippen molar-refractivity contribution in [2.24, 2.45) is 0 Å². The molecule has 0 saturated heterocycles. The molecule has 1 aromatic heterocycles. The van der Waals surface area contributed by atoms with Gasteiger partial charge in [-0.2, -0.15) is 0 Å². The highest BCUT2D eigenvalue weighted by atomic mass is 35.7. The van der Waals surface area contributed by atoms with E-state index in [0.717, 1.165) is 0 Å². The lowest BCUT2D eigenvalue weighted by molar-refractivity contribution is 0.427. The molecule has 4 nitrogen and oxygen atoms in total. The van der Waals surface area contributed by atoms with Crippen molar-refractivity contribution in [2.75, 3.05) is 0 Å². The number of fused-ring (bicyclic) bond motifs is 1. The predicted octanol–water partition coefficient (Wildman–Crippen LogP) is 2.47. The molecule has 0 fully saturated rings. The Hall–Kier alpha value is -0.910. The Morgan fingerprint density at radius 2 is 1.69 bits per heavy atom. The minimum absolute atomic E-state index is 0.389. The lowest BCUT2D eigenvalue weighted by Gasteiger charge is -1.80. The quantitative estimate of drug-likeness (QED) is 0.547. The van der Waals surface area contributed by atoms with Gasteiger partial charge in [-0.15, -0.1) is 0 Å². The van der Waals surface area contributed by atoms with E-state index in [9.17, 15) is 4.21 Å². The van der Waals surface area contributed by atoms with Gasteiger partial charge in [-0.25, -0.2) is 4.21 Å². The molecule has 6 heteroatoms. The Labute approximate surface area is 78.1 Å². The normalized spacial score (nSPS) is 15.8. The maximum absolute atomic E-state index is 10.9. The third-order valence-electron chi connectivity index (χ3n) is 1.44. The maximum Gasteiger partial charge on any atom is 0.389 e. The van der Waals surface area contributed by atoms with Crippen LogP contribution >= 0.6 is 10.7 Å². The van der Waals surface area contributed by atoms with Crippen LogP contribution in [0.25, 0.3) is 11.2 Å². The lowest BCUT2D eigenvalue weighted by Crippen LogP contribution is -1.83. The van der Waals surface area contributed by atoms with E-state index >= 15 is 0 Å². The lowest BCUT2D eigenvalue weighted by atomic mass is 10.3. The van der Waals surface area contributed by atoms with E-state index < -0.39 is 13.9 Å². The fourth-order valence-electron chi connectivity index (χ4n) is 0.922. The number of benzene rings is 1. The van der Waals surface area contributed by atoms with E-state index in [1.54, 1.807) is 24.3 Å². The Kier molecular flexibility index (Phi) is 1.87. The zero-order valence-electron chi connectivity index (χ0n) is 6.27. The Bertz CT molecular complexity index is 544. The molecule has 0 aliphatic rings. The van der Waals surface area contributed by atoms with Crippen LogP contribution in [0.3, 0.4) is 0 Å². The minimum atomic E-state index is -3.68. The van der Waals surface area contributed by atoms with E-state index in [2.05, 4.69) is 0 Å². The van der Waals surface area contributed by atoms with Crippen LogP contribution in [-0.4, -0.2) is 8.76 Å². The first-order valence-corrected chi connectivity index (χ1v) is 5.69. The highest BCUT2D eigenvalue weighted by Gasteiger charge is 2.07. The van der Waals surface area contributed by atoms with Gasteiger partial charge in [0.25, 0.3) is 0 Å². The summed E-state index contributed by atoms with van der Waals surface area (Å²) in [5.74, 6) is 0. The molecular weight excluding hydrogens is 216 g/mol. The van der Waals surface area contributed by atoms with Gasteiger partial charge in [0.15, 0.2) is 11.2 Å². The van der Waals surface area contributed by atoms with Crippen molar-refractivity contribution in [1.29, 1.82) is 0 Å². The average Bonchev–Trinajstić information content (AvgIpc) is 2.45. The van der Waals surface area contributed by atoms with Crippen LogP contribution in [-0.2, 0) is 9.02 Å². The van der Waals surface area contributed by atoms with E-state index in [0.29, 0.717) is 11.2 Å². The van der Waals surface area contributed by atoms with Crippen molar-refractivity contribution in [1.82, 2.24) is 0 Å². The number of halogens is 1. The van der Waals surface area contributed by atoms with Crippen LogP contribution in [0.1, 0.15) is 0 Å². The number of para-hydroxylation sites is 2. The molecule has 0 bridgehead atoms. The van der Waals surface area contributed by atoms with Crippen LogP contribution in [0.5, 0.6) is 0 Å². The van der Waals surface area contributed by atoms with E-state index in [1.165, 1.54) is 0 Å². The van der Waals surface area contributed by atoms with Gasteiger partial charge < -0.3 is 8.83 Å². The van der Waals surface area contributed by atoms with Crippen molar-refractivity contribution >= 4 is 30.9 Å². The van der Waals surface area contributed by atoms with Crippen LogP contribution in [0, 0.1) is 4.90 Å². The molecule has 0 saturated carbocycles. The van der Waals surface area contributed by atoms with Crippen molar-refractivity contribution in [3.8, 4) is 0 Å². The van der Waals surface area contributed by atoms with Crippen LogP contribution in [0.15, 0.2) is 33.1 Å². The maximum atomic E-state index is 10.9. The Morgan fingerprint density at radius 3 is 2.08 bits per heavy atom. The summed E-state index contributed by atoms with van der Waals surface area (Å²) in [6.45, 7) is 0. The second kappa shape index (κ2) is 2.80. The molecule has 1 N–H and O–H groups in total. The molecular formula is C7H5ClO4S. The monoisotopic (exact) mass is 220 g/mol. The summed E-state index contributed by atoms with van der Waals surface area (Å²) in [7, 11) is 1.45. The largest absolute Gasteiger partial charge is 0.413 e. The highest BCUT2D eigenvalue weighted by Crippen LogP contribution is 2.17. The van der Waals surface area contributed by atoms with Gasteiger partial charge in [0.05, 0.1) is 0 Å². The number of hydrogen-bond donors (Lipinski definition) is 1. The van der Waals surface area contributed by atoms with Gasteiger partial charge in [-0.05, 0) is 12.1 Å². The molecule has 2 aromatic rings. The van der Waals surface area contributed by atoms with Crippen molar-refractivity contribution in [3.05, 3.63) is 29.2 Å². The molecule has 13 heavy (non-hydrogen) atoms. The Balaban J connectivity index is 3.01. The summed E-state index contributed by atoms with van der Waals surface area (Å²) in [5.41, 5.74) is 0.778. The van der Waals surface area contributed by atoms with Crippen LogP contribution in [0.2, 0.25) is 0 Å². The summed E-state index contributed by atoms with van der Waals surface area (Å²) in [5, 5.41) is 0. The van der Waals surface area contributed by atoms with Gasteiger partial charge in [0.2, 0.25) is 9.02 Å². The smallest absolute Gasteiger partial charge is 0.389 e. The highest BCUT2D eigenvalue weighted by molar-refractivity contribution is 8.12. The SMILES string of the molecule is O=S(O)(Cl)=c1oc2ccccc2o1. The standard InChI is InChI=1S/C7H5ClO4S/c8-13(9,10)7-11-5-3-1-2-4-6(5)12-7/h1-4H,(H,9,10). The molecule has 70 valence electrons. The second-order valence-electron chi connectivity index (χ2n) is 2.36. The van der Waals surface area contributed by atoms with Crippen LogP contribution in [0.4, 0.5) is 0 Å². The van der Waals surface area contributed by atoms with Crippen molar-refractivity contribution in [3.63, 3.8) is 0 Å². The molecule has 1 unspecified atom stereocenters. The topological polar surface area (TPSA) is 63.6 Å². The van der Waals surface area contributed by atoms with Gasteiger partial charge in [-0.3, -0.25) is 4.55 Å². The van der Waals surface area contributed by atoms with E-state index in [-0.39, 0.29) is 0 Å². The molecule has 2 rings (SSSR count). The molecule has 0 amide bonds. The zero-order valence-corrected chi connectivity index (χ0v) is 7.84. The molecule has 0 radical (unpaired) electrons. The summed E-state index contributed by atoms with van der Waals surface area (Å²) in [6, 6.07) is 6.67. The summed E-state index contributed by atoms with van der Waals surface area (Å²) in [6.07, 6.45) is 0. The third kappa shape index (κ3) is 1.58. The molecule has 1 heterocycles. The summed E-state index contributed by atoms with van der Waals surface area (Å²) in [4.78, 5) is -0.477. The first-order chi connectivity index (χ1) is 6.07. The van der Waals surface area contributed by atoms with Gasteiger partial charge in [0.1, 0.15) is 0 Å². The van der Waals surface area contributed by atoms with Crippen molar-refractivity contribution in [2.45, 2.75) is 0 Å². The first-order valence-electron chi connectivity index (χ1n) is 3.35. The average molecular weight is 221 g/mol. The van der Waals surface area contributed by atoms with Gasteiger partial charge in [-0.1, -0.05) is 12.1 Å². The van der Waals surface area contributed by atoms with Gasteiger partial charge >= 0.3 is 4.90 Å². The van der Waals surface area contributed by atoms with Crippen molar-refractivity contribution < 1.29 is 17.6 Å². The van der Waals surface area contributed by atoms with Crippen LogP contribution < -0.4 is 0 Å². The fraction of sp³-hybridized carbons (Fsp3) is 0. The zero-order chi connectivity index (χ0) is 9.47. The minimum Gasteiger partial charge on any atom is -0.413 e. The molecule has 1 aromatic carbocycles. The van der Waals surface area contributed by atoms with E-state index in [4.69, 9.17) is 24.1 Å². The molecule has 0 aliphatic carbocycles. The third-order valence-corrected chi connectivity index (χ3v) is 2.40. The Morgan fingerprint density at radius 1 is 1.23 bits per heavy atom. The first kappa shape index (κ1) is 8.68.